The van der Waals surface area contributed by atoms with Crippen molar-refractivity contribution in [1.82, 2.24) is 10.3 Å². The van der Waals surface area contributed by atoms with Gasteiger partial charge in [0.2, 0.25) is 0 Å². The summed E-state index contributed by atoms with van der Waals surface area (Å²) in [7, 11) is 6.09. The summed E-state index contributed by atoms with van der Waals surface area (Å²) in [5.41, 5.74) is 4.94. The molecule has 2 aromatic rings. The fraction of sp³-hybridized carbons (Fsp3) is 0.312. The van der Waals surface area contributed by atoms with Crippen LogP contribution in [0.25, 0.3) is 0 Å². The Morgan fingerprint density at radius 3 is 2.32 bits per heavy atom. The van der Waals surface area contributed by atoms with Gasteiger partial charge in [0.05, 0.1) is 6.04 Å². The number of hydrogen-bond acceptors (Lipinski definition) is 3. The topological polar surface area (TPSA) is 28.2 Å². The number of benzene rings is 1. The molecule has 0 saturated carbocycles. The summed E-state index contributed by atoms with van der Waals surface area (Å²) in [6.07, 6.45) is 3.77. The maximum atomic E-state index is 4.24. The monoisotopic (exact) mass is 255 g/mol. The number of pyridine rings is 1. The lowest BCUT2D eigenvalue weighted by molar-refractivity contribution is 0.684. The third-order valence-corrected chi connectivity index (χ3v) is 3.42. The standard InChI is InChI=1S/C16H21N3/c1-12-9-10-18-11-15(12)16(17-2)13-5-7-14(8-6-13)19(3)4/h5-11,16-17H,1-4H3. The predicted octanol–water partition coefficient (Wildman–Crippen LogP) is 2.76. The molecule has 1 aromatic carbocycles. The van der Waals surface area contributed by atoms with Crippen LogP contribution in [0.5, 0.6) is 0 Å². The van der Waals surface area contributed by atoms with Gasteiger partial charge in [-0.25, -0.2) is 0 Å². The Morgan fingerprint density at radius 1 is 1.11 bits per heavy atom. The Kier molecular flexibility index (Phi) is 4.17. The molecule has 0 aliphatic carbocycles. The molecule has 1 N–H and O–H groups in total. The van der Waals surface area contributed by atoms with Gasteiger partial charge in [-0.2, -0.15) is 0 Å². The van der Waals surface area contributed by atoms with Crippen molar-refractivity contribution in [2.45, 2.75) is 13.0 Å². The van der Waals surface area contributed by atoms with Gasteiger partial charge in [-0.05, 0) is 48.9 Å². The normalized spacial score (nSPS) is 12.2. The Bertz CT molecular complexity index is 532. The molecule has 0 amide bonds. The van der Waals surface area contributed by atoms with Crippen LogP contribution in [0.1, 0.15) is 22.7 Å². The highest BCUT2D eigenvalue weighted by atomic mass is 15.1. The zero-order chi connectivity index (χ0) is 13.8. The summed E-state index contributed by atoms with van der Waals surface area (Å²) in [5.74, 6) is 0. The molecule has 1 heterocycles. The van der Waals surface area contributed by atoms with Gasteiger partial charge < -0.3 is 10.2 Å². The van der Waals surface area contributed by atoms with Crippen LogP contribution in [-0.2, 0) is 0 Å². The number of nitrogens with zero attached hydrogens (tertiary/aromatic N) is 2. The van der Waals surface area contributed by atoms with Gasteiger partial charge in [-0.3, -0.25) is 4.98 Å². The van der Waals surface area contributed by atoms with Crippen LogP contribution in [0.2, 0.25) is 0 Å². The number of nitrogens with one attached hydrogen (secondary N) is 1. The number of rotatable bonds is 4. The van der Waals surface area contributed by atoms with Crippen molar-refractivity contribution >= 4 is 5.69 Å². The fourth-order valence-electron chi connectivity index (χ4n) is 2.25. The van der Waals surface area contributed by atoms with Crippen LogP contribution in [0.3, 0.4) is 0 Å². The SMILES string of the molecule is CNC(c1ccc(N(C)C)cc1)c1cnccc1C. The average molecular weight is 255 g/mol. The highest BCUT2D eigenvalue weighted by molar-refractivity contribution is 5.48. The molecule has 0 fully saturated rings. The quantitative estimate of drug-likeness (QED) is 0.910. The molecule has 3 heteroatoms. The third-order valence-electron chi connectivity index (χ3n) is 3.42. The first-order valence-corrected chi connectivity index (χ1v) is 6.48. The summed E-state index contributed by atoms with van der Waals surface area (Å²) < 4.78 is 0. The Balaban J connectivity index is 2.35. The lowest BCUT2D eigenvalue weighted by Crippen LogP contribution is -2.19. The molecule has 1 unspecified atom stereocenters. The van der Waals surface area contributed by atoms with Gasteiger partial charge >= 0.3 is 0 Å². The van der Waals surface area contributed by atoms with Gasteiger partial charge in [0.25, 0.3) is 0 Å². The summed E-state index contributed by atoms with van der Waals surface area (Å²) >= 11 is 0. The van der Waals surface area contributed by atoms with Crippen molar-refractivity contribution in [2.24, 2.45) is 0 Å². The Morgan fingerprint density at radius 2 is 1.79 bits per heavy atom. The molecule has 0 aliphatic rings. The van der Waals surface area contributed by atoms with E-state index in [1.54, 1.807) is 0 Å². The molecular formula is C16H21N3. The van der Waals surface area contributed by atoms with E-state index >= 15 is 0 Å². The minimum atomic E-state index is 0.185. The summed E-state index contributed by atoms with van der Waals surface area (Å²) in [6.45, 7) is 2.12. The maximum Gasteiger partial charge on any atom is 0.0592 e. The van der Waals surface area contributed by atoms with E-state index in [1.807, 2.05) is 25.5 Å². The zero-order valence-electron chi connectivity index (χ0n) is 12.0. The molecular weight excluding hydrogens is 234 g/mol. The minimum absolute atomic E-state index is 0.185. The smallest absolute Gasteiger partial charge is 0.0592 e. The second-order valence-electron chi connectivity index (χ2n) is 4.94. The van der Waals surface area contributed by atoms with Crippen molar-refractivity contribution in [2.75, 3.05) is 26.0 Å². The summed E-state index contributed by atoms with van der Waals surface area (Å²) in [6, 6.07) is 10.9. The van der Waals surface area contributed by atoms with Crippen molar-refractivity contribution in [3.63, 3.8) is 0 Å². The molecule has 0 bridgehead atoms. The predicted molar refractivity (Wildman–Crippen MR) is 80.6 cm³/mol. The molecule has 19 heavy (non-hydrogen) atoms. The van der Waals surface area contributed by atoms with E-state index in [4.69, 9.17) is 0 Å². The van der Waals surface area contributed by atoms with E-state index in [1.165, 1.54) is 22.4 Å². The molecule has 3 nitrogen and oxygen atoms in total. The van der Waals surface area contributed by atoms with Crippen molar-refractivity contribution in [3.8, 4) is 0 Å². The number of anilines is 1. The highest BCUT2D eigenvalue weighted by Crippen LogP contribution is 2.25. The first-order chi connectivity index (χ1) is 9.13. The molecule has 0 spiro atoms. The minimum Gasteiger partial charge on any atom is -0.378 e. The van der Waals surface area contributed by atoms with E-state index in [0.29, 0.717) is 0 Å². The second kappa shape index (κ2) is 5.85. The zero-order valence-corrected chi connectivity index (χ0v) is 12.0. The van der Waals surface area contributed by atoms with Gasteiger partial charge in [0.15, 0.2) is 0 Å². The molecule has 2 rings (SSSR count). The number of aromatic nitrogens is 1. The van der Waals surface area contributed by atoms with Gasteiger partial charge in [-0.15, -0.1) is 0 Å². The summed E-state index contributed by atoms with van der Waals surface area (Å²) in [4.78, 5) is 6.34. The van der Waals surface area contributed by atoms with E-state index < -0.39 is 0 Å². The molecule has 1 atom stereocenters. The number of aryl methyl sites for hydroxylation is 1. The first-order valence-electron chi connectivity index (χ1n) is 6.48. The molecule has 0 radical (unpaired) electrons. The van der Waals surface area contributed by atoms with Crippen LogP contribution < -0.4 is 10.2 Å². The van der Waals surface area contributed by atoms with E-state index in [0.717, 1.165) is 0 Å². The van der Waals surface area contributed by atoms with Crippen LogP contribution in [0, 0.1) is 6.92 Å². The fourth-order valence-corrected chi connectivity index (χ4v) is 2.25. The first kappa shape index (κ1) is 13.6. The van der Waals surface area contributed by atoms with Crippen LogP contribution in [0.4, 0.5) is 5.69 Å². The lowest BCUT2D eigenvalue weighted by Gasteiger charge is -2.20. The van der Waals surface area contributed by atoms with E-state index in [-0.39, 0.29) is 6.04 Å². The van der Waals surface area contributed by atoms with Crippen molar-refractivity contribution < 1.29 is 0 Å². The molecule has 100 valence electrons. The van der Waals surface area contributed by atoms with E-state index in [2.05, 4.69) is 60.5 Å². The van der Waals surface area contributed by atoms with Gasteiger partial charge in [-0.1, -0.05) is 12.1 Å². The molecule has 0 saturated heterocycles. The van der Waals surface area contributed by atoms with E-state index in [9.17, 15) is 0 Å². The Hall–Kier alpha value is -1.87. The second-order valence-corrected chi connectivity index (χ2v) is 4.94. The molecule has 0 aliphatic heterocycles. The average Bonchev–Trinajstić information content (AvgIpc) is 2.42. The van der Waals surface area contributed by atoms with Crippen LogP contribution >= 0.6 is 0 Å². The third kappa shape index (κ3) is 2.93. The Labute approximate surface area is 115 Å². The highest BCUT2D eigenvalue weighted by Gasteiger charge is 2.14. The van der Waals surface area contributed by atoms with Crippen LogP contribution in [-0.4, -0.2) is 26.1 Å². The largest absolute Gasteiger partial charge is 0.378 e. The lowest BCUT2D eigenvalue weighted by atomic mass is 9.97. The van der Waals surface area contributed by atoms with Crippen LogP contribution in [0.15, 0.2) is 42.7 Å². The number of hydrogen-bond donors (Lipinski definition) is 1. The van der Waals surface area contributed by atoms with Gasteiger partial charge in [0.1, 0.15) is 0 Å². The molecule has 1 aromatic heterocycles. The van der Waals surface area contributed by atoms with Gasteiger partial charge in [0, 0.05) is 32.2 Å². The van der Waals surface area contributed by atoms with Crippen molar-refractivity contribution in [3.05, 3.63) is 59.4 Å². The maximum absolute atomic E-state index is 4.24. The summed E-state index contributed by atoms with van der Waals surface area (Å²) in [5, 5.41) is 3.37. The van der Waals surface area contributed by atoms with Crippen molar-refractivity contribution in [1.29, 1.82) is 0 Å².